The van der Waals surface area contributed by atoms with E-state index in [1.807, 2.05) is 0 Å². The number of methoxy groups -OCH3 is 1. The van der Waals surface area contributed by atoms with Crippen LogP contribution >= 0.6 is 38.5 Å². The summed E-state index contributed by atoms with van der Waals surface area (Å²) in [6.45, 7) is 1.55. The zero-order chi connectivity index (χ0) is 14.0. The number of ether oxygens (including phenoxy) is 1. The van der Waals surface area contributed by atoms with Crippen molar-refractivity contribution in [1.29, 1.82) is 0 Å². The molecule has 0 saturated carbocycles. The van der Waals surface area contributed by atoms with Gasteiger partial charge in [0.25, 0.3) is 0 Å². The minimum absolute atomic E-state index is 0.0472. The summed E-state index contributed by atoms with van der Waals surface area (Å²) in [7, 11) is -1.90. The Morgan fingerprint density at radius 2 is 1.94 bits per heavy atom. The van der Waals surface area contributed by atoms with E-state index >= 15 is 0 Å². The Morgan fingerprint density at radius 3 is 2.33 bits per heavy atom. The molecule has 102 valence electrons. The molecule has 0 heterocycles. The lowest BCUT2D eigenvalue weighted by atomic mass is 10.1. The average Bonchev–Trinajstić information content (AvgIpc) is 2.37. The number of aliphatic hydroxyl groups is 1. The molecule has 0 aliphatic heterocycles. The Morgan fingerprint density at radius 1 is 1.44 bits per heavy atom. The molecule has 1 aromatic carbocycles. The van der Waals surface area contributed by atoms with Crippen molar-refractivity contribution in [1.82, 2.24) is 0 Å². The normalized spacial score (nSPS) is 16.9. The quantitative estimate of drug-likeness (QED) is 0.555. The van der Waals surface area contributed by atoms with Crippen LogP contribution in [0.3, 0.4) is 0 Å². The Balaban J connectivity index is 3.09. The fourth-order valence-corrected chi connectivity index (χ4v) is 4.45. The first-order valence-electron chi connectivity index (χ1n) is 5.18. The van der Waals surface area contributed by atoms with Crippen LogP contribution < -0.4 is 4.74 Å². The molecule has 7 heteroatoms. The van der Waals surface area contributed by atoms with E-state index in [1.54, 1.807) is 60.9 Å². The number of sulfone groups is 1. The second kappa shape index (κ2) is 6.06. The van der Waals surface area contributed by atoms with Gasteiger partial charge in [0.1, 0.15) is 11.9 Å². The highest BCUT2D eigenvalue weighted by Crippen LogP contribution is 2.45. The van der Waals surface area contributed by atoms with Crippen molar-refractivity contribution in [3.05, 3.63) is 29.8 Å². The van der Waals surface area contributed by atoms with E-state index in [2.05, 4.69) is 15.9 Å². The zero-order valence-electron chi connectivity index (χ0n) is 9.93. The van der Waals surface area contributed by atoms with Gasteiger partial charge >= 0.3 is 0 Å². The van der Waals surface area contributed by atoms with Crippen LogP contribution in [-0.2, 0) is 9.84 Å². The fourth-order valence-electron chi connectivity index (χ4n) is 1.34. The fraction of sp³-hybridized carbons (Fsp3) is 0.455. The maximum absolute atomic E-state index is 11.9. The highest BCUT2D eigenvalue weighted by Gasteiger charge is 2.45. The minimum atomic E-state index is -3.44. The van der Waals surface area contributed by atoms with E-state index in [9.17, 15) is 13.5 Å². The van der Waals surface area contributed by atoms with E-state index in [1.165, 1.54) is 0 Å². The Bertz CT molecular complexity index is 498. The van der Waals surface area contributed by atoms with Gasteiger partial charge in [-0.15, -0.1) is 0 Å². The topological polar surface area (TPSA) is 63.6 Å². The third-order valence-corrected chi connectivity index (χ3v) is 8.87. The van der Waals surface area contributed by atoms with E-state index in [0.717, 1.165) is 0 Å². The molecule has 1 aromatic rings. The number of benzene rings is 1. The summed E-state index contributed by atoms with van der Waals surface area (Å²) in [5, 5.41) is 10.2. The van der Waals surface area contributed by atoms with Gasteiger partial charge in [0.2, 0.25) is 1.66 Å². The van der Waals surface area contributed by atoms with Crippen LogP contribution in [0.5, 0.6) is 5.75 Å². The number of alkyl halides is 2. The SMILES string of the molecule is CCS(=O)(=O)[C@](Br)(I)[C@@H](O)c1ccc(OC)cc1. The van der Waals surface area contributed by atoms with Crippen molar-refractivity contribution in [2.45, 2.75) is 14.7 Å². The van der Waals surface area contributed by atoms with Crippen LogP contribution in [0, 0.1) is 0 Å². The zero-order valence-corrected chi connectivity index (χ0v) is 14.5. The highest BCUT2D eigenvalue weighted by atomic mass is 127. The van der Waals surface area contributed by atoms with Crippen LogP contribution in [0.2, 0.25) is 0 Å². The van der Waals surface area contributed by atoms with Gasteiger partial charge in [0, 0.05) is 5.75 Å². The van der Waals surface area contributed by atoms with Gasteiger partial charge in [0.15, 0.2) is 9.84 Å². The van der Waals surface area contributed by atoms with Gasteiger partial charge in [-0.05, 0) is 40.3 Å². The molecule has 4 nitrogen and oxygen atoms in total. The maximum Gasteiger partial charge on any atom is 0.207 e. The lowest BCUT2D eigenvalue weighted by Gasteiger charge is -2.26. The van der Waals surface area contributed by atoms with Gasteiger partial charge in [-0.25, -0.2) is 8.42 Å². The molecule has 0 bridgehead atoms. The summed E-state index contributed by atoms with van der Waals surface area (Å²) in [4.78, 5) is 0. The molecule has 0 aromatic heterocycles. The average molecular weight is 449 g/mol. The molecule has 18 heavy (non-hydrogen) atoms. The van der Waals surface area contributed by atoms with E-state index < -0.39 is 17.6 Å². The lowest BCUT2D eigenvalue weighted by molar-refractivity contribution is 0.191. The Kier molecular flexibility index (Phi) is 5.45. The minimum Gasteiger partial charge on any atom is -0.497 e. The van der Waals surface area contributed by atoms with Gasteiger partial charge in [0.05, 0.1) is 7.11 Å². The third kappa shape index (κ3) is 3.17. The number of hydrogen-bond donors (Lipinski definition) is 1. The molecule has 0 amide bonds. The second-order valence-electron chi connectivity index (χ2n) is 3.64. The van der Waals surface area contributed by atoms with E-state index in [-0.39, 0.29) is 5.75 Å². The first-order chi connectivity index (χ1) is 8.26. The molecular weight excluding hydrogens is 435 g/mol. The van der Waals surface area contributed by atoms with Crippen molar-refractivity contribution >= 4 is 48.4 Å². The summed E-state index contributed by atoms with van der Waals surface area (Å²) in [5.74, 6) is 0.604. The smallest absolute Gasteiger partial charge is 0.207 e. The van der Waals surface area contributed by atoms with Crippen molar-refractivity contribution < 1.29 is 18.3 Å². The Hall–Kier alpha value is 0.140. The third-order valence-electron chi connectivity index (χ3n) is 2.54. The van der Waals surface area contributed by atoms with Gasteiger partial charge < -0.3 is 9.84 Å². The summed E-state index contributed by atoms with van der Waals surface area (Å²) in [6, 6.07) is 6.64. The first-order valence-corrected chi connectivity index (χ1v) is 8.70. The molecule has 0 aliphatic rings. The maximum atomic E-state index is 11.9. The van der Waals surface area contributed by atoms with Crippen LogP contribution in [0.1, 0.15) is 18.6 Å². The molecule has 0 saturated heterocycles. The molecule has 2 atom stereocenters. The summed E-state index contributed by atoms with van der Waals surface area (Å²) in [5.41, 5.74) is 0.513. The number of halogens is 2. The van der Waals surface area contributed by atoms with Gasteiger partial charge in [-0.1, -0.05) is 35.0 Å². The second-order valence-corrected chi connectivity index (χ2v) is 11.8. The van der Waals surface area contributed by atoms with Crippen molar-refractivity contribution in [3.8, 4) is 5.75 Å². The molecule has 0 unspecified atom stereocenters. The molecule has 0 radical (unpaired) electrons. The lowest BCUT2D eigenvalue weighted by Crippen LogP contribution is -2.33. The monoisotopic (exact) mass is 448 g/mol. The van der Waals surface area contributed by atoms with Crippen molar-refractivity contribution in [2.75, 3.05) is 12.9 Å². The number of rotatable bonds is 5. The molecule has 0 spiro atoms. The van der Waals surface area contributed by atoms with Crippen LogP contribution in [-0.4, -0.2) is 28.0 Å². The molecule has 1 N–H and O–H groups in total. The van der Waals surface area contributed by atoms with Crippen LogP contribution in [0.25, 0.3) is 0 Å². The first kappa shape index (κ1) is 16.2. The molecular formula is C11H14BrIO4S. The highest BCUT2D eigenvalue weighted by molar-refractivity contribution is 14.1. The van der Waals surface area contributed by atoms with E-state index in [0.29, 0.717) is 11.3 Å². The predicted molar refractivity (Wildman–Crippen MR) is 83.1 cm³/mol. The largest absolute Gasteiger partial charge is 0.497 e. The van der Waals surface area contributed by atoms with Gasteiger partial charge in [-0.2, -0.15) is 0 Å². The predicted octanol–water partition coefficient (Wildman–Crippen LogP) is 2.65. The summed E-state index contributed by atoms with van der Waals surface area (Å²) >= 11 is 4.83. The van der Waals surface area contributed by atoms with Crippen molar-refractivity contribution in [2.24, 2.45) is 0 Å². The number of hydrogen-bond acceptors (Lipinski definition) is 4. The van der Waals surface area contributed by atoms with Crippen molar-refractivity contribution in [3.63, 3.8) is 0 Å². The number of aliphatic hydroxyl groups excluding tert-OH is 1. The van der Waals surface area contributed by atoms with E-state index in [4.69, 9.17) is 4.74 Å². The Labute approximate surface area is 129 Å². The molecule has 0 fully saturated rings. The molecule has 0 aliphatic carbocycles. The molecule has 1 rings (SSSR count). The summed E-state index contributed by atoms with van der Waals surface area (Å²) < 4.78 is 27.4. The summed E-state index contributed by atoms with van der Waals surface area (Å²) in [6.07, 6.45) is -1.16. The van der Waals surface area contributed by atoms with Crippen LogP contribution in [0.4, 0.5) is 0 Å². The standard InChI is InChI=1S/C11H14BrIO4S/c1-3-18(15,16)11(12,13)10(14)8-4-6-9(17-2)7-5-8/h4-7,10,14H,3H2,1-2H3/t10-,11+/m0/s1. The van der Waals surface area contributed by atoms with Crippen LogP contribution in [0.15, 0.2) is 24.3 Å². The van der Waals surface area contributed by atoms with Gasteiger partial charge in [-0.3, -0.25) is 0 Å².